The van der Waals surface area contributed by atoms with Crippen molar-refractivity contribution in [2.24, 2.45) is 0 Å². The third kappa shape index (κ3) is 3.74. The van der Waals surface area contributed by atoms with Gasteiger partial charge in [0.05, 0.1) is 6.61 Å². The highest BCUT2D eigenvalue weighted by Gasteiger charge is 2.27. The zero-order chi connectivity index (χ0) is 15.4. The van der Waals surface area contributed by atoms with Crippen LogP contribution in [0.4, 0.5) is 0 Å². The van der Waals surface area contributed by atoms with E-state index in [1.807, 2.05) is 30.3 Å². The highest BCUT2D eigenvalue weighted by Crippen LogP contribution is 2.23. The van der Waals surface area contributed by atoms with E-state index in [0.29, 0.717) is 6.61 Å². The second-order valence-corrected chi connectivity index (χ2v) is 5.99. The molecule has 2 aromatic carbocycles. The van der Waals surface area contributed by atoms with Crippen molar-refractivity contribution in [3.8, 4) is 0 Å². The summed E-state index contributed by atoms with van der Waals surface area (Å²) in [7, 11) is 0. The summed E-state index contributed by atoms with van der Waals surface area (Å²) in [6, 6.07) is 18.5. The minimum atomic E-state index is -0.570. The zero-order valence-corrected chi connectivity index (χ0v) is 13.0. The van der Waals surface area contributed by atoms with Crippen LogP contribution >= 0.6 is 0 Å². The number of aryl methyl sites for hydroxylation is 1. The zero-order valence-electron chi connectivity index (χ0n) is 13.0. The normalized spacial score (nSPS) is 20.7. The number of aliphatic hydroxyl groups is 1. The molecule has 1 heterocycles. The van der Waals surface area contributed by atoms with E-state index in [1.54, 1.807) is 0 Å². The van der Waals surface area contributed by atoms with Crippen molar-refractivity contribution >= 4 is 0 Å². The van der Waals surface area contributed by atoms with Crippen molar-refractivity contribution < 1.29 is 9.84 Å². The molecule has 0 saturated carbocycles. The van der Waals surface area contributed by atoms with Gasteiger partial charge >= 0.3 is 0 Å². The second kappa shape index (κ2) is 7.05. The molecule has 3 heteroatoms. The SMILES string of the molecule is Cc1ccc([C@H](O)[C@@H]2CN(Cc3ccccc3)CCO2)cc1. The molecule has 3 rings (SSSR count). The number of hydrogen-bond donors (Lipinski definition) is 1. The molecule has 1 aliphatic heterocycles. The molecular weight excluding hydrogens is 274 g/mol. The quantitative estimate of drug-likeness (QED) is 0.942. The van der Waals surface area contributed by atoms with Gasteiger partial charge in [0.2, 0.25) is 0 Å². The number of aliphatic hydroxyl groups excluding tert-OH is 1. The molecule has 0 aliphatic carbocycles. The summed E-state index contributed by atoms with van der Waals surface area (Å²) in [5.41, 5.74) is 3.43. The molecule has 0 unspecified atom stereocenters. The van der Waals surface area contributed by atoms with Crippen molar-refractivity contribution in [1.29, 1.82) is 0 Å². The first kappa shape index (κ1) is 15.2. The Kier molecular flexibility index (Phi) is 4.88. The molecular formula is C19H23NO2. The summed E-state index contributed by atoms with van der Waals surface area (Å²) < 4.78 is 5.80. The van der Waals surface area contributed by atoms with Crippen LogP contribution in [-0.4, -0.2) is 35.8 Å². The Morgan fingerprint density at radius 1 is 1.14 bits per heavy atom. The molecule has 22 heavy (non-hydrogen) atoms. The lowest BCUT2D eigenvalue weighted by Crippen LogP contribution is -2.44. The maximum absolute atomic E-state index is 10.6. The minimum Gasteiger partial charge on any atom is -0.386 e. The van der Waals surface area contributed by atoms with Crippen LogP contribution in [0.15, 0.2) is 54.6 Å². The van der Waals surface area contributed by atoms with Crippen molar-refractivity contribution in [2.45, 2.75) is 25.7 Å². The van der Waals surface area contributed by atoms with Gasteiger partial charge in [-0.2, -0.15) is 0 Å². The fourth-order valence-corrected chi connectivity index (χ4v) is 2.89. The standard InChI is InChI=1S/C19H23NO2/c1-15-7-9-17(10-8-15)19(21)18-14-20(11-12-22-18)13-16-5-3-2-4-6-16/h2-10,18-19,21H,11-14H2,1H3/t18-,19-/m0/s1. The van der Waals surface area contributed by atoms with Gasteiger partial charge in [-0.05, 0) is 18.1 Å². The monoisotopic (exact) mass is 297 g/mol. The van der Waals surface area contributed by atoms with Gasteiger partial charge in [0.1, 0.15) is 12.2 Å². The Morgan fingerprint density at radius 3 is 2.59 bits per heavy atom. The summed E-state index contributed by atoms with van der Waals surface area (Å²) in [5.74, 6) is 0. The lowest BCUT2D eigenvalue weighted by atomic mass is 10.0. The fourth-order valence-electron chi connectivity index (χ4n) is 2.89. The molecule has 0 spiro atoms. The van der Waals surface area contributed by atoms with Crippen LogP contribution in [-0.2, 0) is 11.3 Å². The fraction of sp³-hybridized carbons (Fsp3) is 0.368. The molecule has 3 nitrogen and oxygen atoms in total. The van der Waals surface area contributed by atoms with Crippen molar-refractivity contribution in [1.82, 2.24) is 4.90 Å². The van der Waals surface area contributed by atoms with Crippen molar-refractivity contribution in [2.75, 3.05) is 19.7 Å². The van der Waals surface area contributed by atoms with E-state index in [4.69, 9.17) is 4.74 Å². The Balaban J connectivity index is 1.63. The van der Waals surface area contributed by atoms with Crippen LogP contribution in [0.1, 0.15) is 22.8 Å². The van der Waals surface area contributed by atoms with Gasteiger partial charge in [-0.25, -0.2) is 0 Å². The smallest absolute Gasteiger partial charge is 0.106 e. The van der Waals surface area contributed by atoms with Gasteiger partial charge in [0.15, 0.2) is 0 Å². The Bertz CT molecular complexity index is 582. The highest BCUT2D eigenvalue weighted by molar-refractivity contribution is 5.24. The van der Waals surface area contributed by atoms with E-state index in [2.05, 4.69) is 36.1 Å². The van der Waals surface area contributed by atoms with Gasteiger partial charge in [-0.3, -0.25) is 4.90 Å². The topological polar surface area (TPSA) is 32.7 Å². The summed E-state index contributed by atoms with van der Waals surface area (Å²) >= 11 is 0. The number of morpholine rings is 1. The molecule has 116 valence electrons. The third-order valence-corrected chi connectivity index (χ3v) is 4.20. The molecule has 1 N–H and O–H groups in total. The molecule has 2 aromatic rings. The molecule has 0 bridgehead atoms. The molecule has 1 aliphatic rings. The van der Waals surface area contributed by atoms with Crippen LogP contribution in [0.5, 0.6) is 0 Å². The van der Waals surface area contributed by atoms with E-state index in [0.717, 1.165) is 25.2 Å². The summed E-state index contributed by atoms with van der Waals surface area (Å²) in [5, 5.41) is 10.6. The predicted molar refractivity (Wildman–Crippen MR) is 87.6 cm³/mol. The van der Waals surface area contributed by atoms with Crippen molar-refractivity contribution in [3.05, 3.63) is 71.3 Å². The molecule has 1 fully saturated rings. The largest absolute Gasteiger partial charge is 0.386 e. The average molecular weight is 297 g/mol. The van der Waals surface area contributed by atoms with E-state index in [-0.39, 0.29) is 6.10 Å². The Labute approximate surface area is 132 Å². The van der Waals surface area contributed by atoms with Gasteiger partial charge in [0.25, 0.3) is 0 Å². The molecule has 0 amide bonds. The van der Waals surface area contributed by atoms with Gasteiger partial charge in [-0.15, -0.1) is 0 Å². The van der Waals surface area contributed by atoms with Gasteiger partial charge < -0.3 is 9.84 Å². The number of benzene rings is 2. The first-order chi connectivity index (χ1) is 10.7. The lowest BCUT2D eigenvalue weighted by molar-refractivity contribution is -0.0918. The maximum Gasteiger partial charge on any atom is 0.106 e. The molecule has 2 atom stereocenters. The molecule has 0 aromatic heterocycles. The van der Waals surface area contributed by atoms with Crippen LogP contribution in [0.3, 0.4) is 0 Å². The third-order valence-electron chi connectivity index (χ3n) is 4.20. The molecule has 0 radical (unpaired) electrons. The lowest BCUT2D eigenvalue weighted by Gasteiger charge is -2.35. The maximum atomic E-state index is 10.6. The number of nitrogens with zero attached hydrogens (tertiary/aromatic N) is 1. The van der Waals surface area contributed by atoms with Crippen molar-refractivity contribution in [3.63, 3.8) is 0 Å². The summed E-state index contributed by atoms with van der Waals surface area (Å²) in [4.78, 5) is 2.35. The van der Waals surface area contributed by atoms with Gasteiger partial charge in [0, 0.05) is 19.6 Å². The van der Waals surface area contributed by atoms with E-state index in [9.17, 15) is 5.11 Å². The minimum absolute atomic E-state index is 0.167. The van der Waals surface area contributed by atoms with Crippen LogP contribution in [0.2, 0.25) is 0 Å². The summed E-state index contributed by atoms with van der Waals surface area (Å²) in [6.45, 7) is 5.28. The van der Waals surface area contributed by atoms with Gasteiger partial charge in [-0.1, -0.05) is 60.2 Å². The highest BCUT2D eigenvalue weighted by atomic mass is 16.5. The first-order valence-corrected chi connectivity index (χ1v) is 7.85. The number of hydrogen-bond acceptors (Lipinski definition) is 3. The molecule has 1 saturated heterocycles. The Hall–Kier alpha value is -1.68. The average Bonchev–Trinajstić information content (AvgIpc) is 2.56. The van der Waals surface area contributed by atoms with Crippen LogP contribution in [0, 0.1) is 6.92 Å². The first-order valence-electron chi connectivity index (χ1n) is 7.85. The summed E-state index contributed by atoms with van der Waals surface area (Å²) in [6.07, 6.45) is -0.737. The van der Waals surface area contributed by atoms with Crippen LogP contribution < -0.4 is 0 Å². The number of ether oxygens (including phenoxy) is 1. The predicted octanol–water partition coefficient (Wildman–Crippen LogP) is 2.93. The van der Waals surface area contributed by atoms with E-state index in [1.165, 1.54) is 11.1 Å². The Morgan fingerprint density at radius 2 is 1.86 bits per heavy atom. The number of rotatable bonds is 4. The van der Waals surface area contributed by atoms with E-state index < -0.39 is 6.10 Å². The van der Waals surface area contributed by atoms with E-state index >= 15 is 0 Å². The second-order valence-electron chi connectivity index (χ2n) is 5.99. The van der Waals surface area contributed by atoms with Crippen LogP contribution in [0.25, 0.3) is 0 Å².